The zero-order valence-electron chi connectivity index (χ0n) is 4.96. The highest BCUT2D eigenvalue weighted by Crippen LogP contribution is 2.05. The van der Waals surface area contributed by atoms with Crippen molar-refractivity contribution in [2.24, 2.45) is 0 Å². The fourth-order valence-corrected chi connectivity index (χ4v) is 0.422. The van der Waals surface area contributed by atoms with Crippen molar-refractivity contribution in [1.29, 1.82) is 5.26 Å². The first-order valence-electron chi connectivity index (χ1n) is 2.44. The molecule has 1 atom stereocenters. The van der Waals surface area contributed by atoms with Crippen LogP contribution in [-0.2, 0) is 0 Å². The Balaban J connectivity index is 3.80. The van der Waals surface area contributed by atoms with E-state index in [0.29, 0.717) is 0 Å². The van der Waals surface area contributed by atoms with Gasteiger partial charge in [-0.25, -0.2) is 0 Å². The van der Waals surface area contributed by atoms with Crippen LogP contribution >= 0.6 is 23.2 Å². The summed E-state index contributed by atoms with van der Waals surface area (Å²) in [6.45, 7) is 0. The summed E-state index contributed by atoms with van der Waals surface area (Å²) in [7, 11) is 0. The molecule has 0 saturated heterocycles. The van der Waals surface area contributed by atoms with Gasteiger partial charge in [0.25, 0.3) is 0 Å². The minimum Gasteiger partial charge on any atom is -0.374 e. The number of aliphatic hydroxyl groups is 1. The fraction of sp³-hybridized carbons (Fsp3) is 0.167. The third-order valence-electron chi connectivity index (χ3n) is 0.648. The van der Waals surface area contributed by atoms with Gasteiger partial charge in [0.2, 0.25) is 0 Å². The first kappa shape index (κ1) is 9.51. The summed E-state index contributed by atoms with van der Waals surface area (Å²) in [5.41, 5.74) is 0. The molecule has 0 aliphatic carbocycles. The van der Waals surface area contributed by atoms with E-state index in [4.69, 9.17) is 33.6 Å². The maximum atomic E-state index is 8.61. The largest absolute Gasteiger partial charge is 0.374 e. The SMILES string of the molecule is N#CC(O)/C=C/C=C(Cl)Cl. The average Bonchev–Trinajstić information content (AvgIpc) is 1.87. The predicted molar refractivity (Wildman–Crippen MR) is 40.5 cm³/mol. The van der Waals surface area contributed by atoms with Gasteiger partial charge in [-0.05, 0) is 12.2 Å². The molecule has 0 aromatic carbocycles. The van der Waals surface area contributed by atoms with E-state index in [1.165, 1.54) is 18.2 Å². The van der Waals surface area contributed by atoms with Crippen molar-refractivity contribution in [3.63, 3.8) is 0 Å². The lowest BCUT2D eigenvalue weighted by Crippen LogP contribution is -1.94. The van der Waals surface area contributed by atoms with Gasteiger partial charge in [0.1, 0.15) is 4.49 Å². The van der Waals surface area contributed by atoms with Gasteiger partial charge in [0.15, 0.2) is 6.10 Å². The van der Waals surface area contributed by atoms with E-state index in [-0.39, 0.29) is 4.49 Å². The van der Waals surface area contributed by atoms with Crippen LogP contribution < -0.4 is 0 Å². The van der Waals surface area contributed by atoms with Gasteiger partial charge in [0, 0.05) is 0 Å². The molecule has 0 fully saturated rings. The monoisotopic (exact) mass is 177 g/mol. The highest BCUT2D eigenvalue weighted by Gasteiger charge is 1.89. The highest BCUT2D eigenvalue weighted by molar-refractivity contribution is 6.55. The first-order valence-corrected chi connectivity index (χ1v) is 3.19. The summed E-state index contributed by atoms with van der Waals surface area (Å²) in [6, 6.07) is 1.59. The normalized spacial score (nSPS) is 12.6. The number of hydrogen-bond donors (Lipinski definition) is 1. The second kappa shape index (κ2) is 5.31. The van der Waals surface area contributed by atoms with E-state index in [0.717, 1.165) is 0 Å². The van der Waals surface area contributed by atoms with Crippen molar-refractivity contribution in [2.45, 2.75) is 6.10 Å². The molecule has 0 aromatic rings. The van der Waals surface area contributed by atoms with Crippen molar-refractivity contribution < 1.29 is 5.11 Å². The molecule has 0 aromatic heterocycles. The maximum absolute atomic E-state index is 8.61. The molecule has 0 heterocycles. The van der Waals surface area contributed by atoms with E-state index in [1.54, 1.807) is 6.07 Å². The van der Waals surface area contributed by atoms with Crippen LogP contribution in [-0.4, -0.2) is 11.2 Å². The Hall–Kier alpha value is -0.490. The van der Waals surface area contributed by atoms with Gasteiger partial charge in [-0.15, -0.1) is 0 Å². The van der Waals surface area contributed by atoms with Gasteiger partial charge in [-0.1, -0.05) is 29.3 Å². The van der Waals surface area contributed by atoms with Gasteiger partial charge < -0.3 is 5.11 Å². The molecule has 10 heavy (non-hydrogen) atoms. The van der Waals surface area contributed by atoms with Crippen molar-refractivity contribution in [2.75, 3.05) is 0 Å². The quantitative estimate of drug-likeness (QED) is 0.517. The fourth-order valence-electron chi connectivity index (χ4n) is 0.277. The Morgan fingerprint density at radius 1 is 1.60 bits per heavy atom. The molecule has 0 aliphatic rings. The van der Waals surface area contributed by atoms with Gasteiger partial charge in [0.05, 0.1) is 6.07 Å². The van der Waals surface area contributed by atoms with E-state index in [2.05, 4.69) is 0 Å². The maximum Gasteiger partial charge on any atom is 0.159 e. The Morgan fingerprint density at radius 2 is 2.20 bits per heavy atom. The lowest BCUT2D eigenvalue weighted by atomic mass is 10.3. The standard InChI is InChI=1S/C6H5Cl2NO/c7-6(8)3-1-2-5(10)4-9/h1-3,5,10H/b2-1+. The van der Waals surface area contributed by atoms with Gasteiger partial charge in [-0.3, -0.25) is 0 Å². The minimum atomic E-state index is -1.09. The molecule has 0 spiro atoms. The molecule has 0 amide bonds. The zero-order valence-corrected chi connectivity index (χ0v) is 6.47. The van der Waals surface area contributed by atoms with Crippen LogP contribution in [0.25, 0.3) is 0 Å². The molecule has 1 unspecified atom stereocenters. The summed E-state index contributed by atoms with van der Waals surface area (Å²) >= 11 is 10.4. The molecular formula is C6H5Cl2NO. The summed E-state index contributed by atoms with van der Waals surface area (Å²) in [4.78, 5) is 0. The molecular weight excluding hydrogens is 173 g/mol. The molecule has 0 radical (unpaired) electrons. The van der Waals surface area contributed by atoms with Crippen LogP contribution in [0.1, 0.15) is 0 Å². The Kier molecular flexibility index (Phi) is 5.05. The van der Waals surface area contributed by atoms with Crippen LogP contribution in [0.5, 0.6) is 0 Å². The molecule has 2 nitrogen and oxygen atoms in total. The van der Waals surface area contributed by atoms with E-state index >= 15 is 0 Å². The first-order chi connectivity index (χ1) is 4.66. The van der Waals surface area contributed by atoms with Crippen molar-refractivity contribution >= 4 is 23.2 Å². The molecule has 0 aliphatic heterocycles. The van der Waals surface area contributed by atoms with Crippen LogP contribution in [0.15, 0.2) is 22.7 Å². The van der Waals surface area contributed by atoms with Crippen LogP contribution in [0.3, 0.4) is 0 Å². The molecule has 54 valence electrons. The number of rotatable bonds is 2. The number of halogens is 2. The molecule has 4 heteroatoms. The van der Waals surface area contributed by atoms with Crippen molar-refractivity contribution in [3.05, 3.63) is 22.7 Å². The second-order valence-corrected chi connectivity index (χ2v) is 2.42. The van der Waals surface area contributed by atoms with E-state index in [1.807, 2.05) is 0 Å². The topological polar surface area (TPSA) is 44.0 Å². The summed E-state index contributed by atoms with van der Waals surface area (Å²) < 4.78 is 0.0846. The molecule has 1 N–H and O–H groups in total. The van der Waals surface area contributed by atoms with Gasteiger partial charge >= 0.3 is 0 Å². The zero-order chi connectivity index (χ0) is 7.98. The summed E-state index contributed by atoms with van der Waals surface area (Å²) in [5.74, 6) is 0. The smallest absolute Gasteiger partial charge is 0.159 e. The number of nitrogens with zero attached hydrogens (tertiary/aromatic N) is 1. The Bertz CT molecular complexity index is 188. The van der Waals surface area contributed by atoms with E-state index < -0.39 is 6.10 Å². The molecule has 0 rings (SSSR count). The minimum absolute atomic E-state index is 0.0846. The van der Waals surface area contributed by atoms with Crippen molar-refractivity contribution in [3.8, 4) is 6.07 Å². The highest BCUT2D eigenvalue weighted by atomic mass is 35.5. The van der Waals surface area contributed by atoms with Gasteiger partial charge in [-0.2, -0.15) is 5.26 Å². The molecule has 0 bridgehead atoms. The van der Waals surface area contributed by atoms with Crippen LogP contribution in [0.4, 0.5) is 0 Å². The van der Waals surface area contributed by atoms with Crippen molar-refractivity contribution in [1.82, 2.24) is 0 Å². The number of aliphatic hydroxyl groups excluding tert-OH is 1. The number of nitriles is 1. The lowest BCUT2D eigenvalue weighted by molar-refractivity contribution is 0.278. The third-order valence-corrected chi connectivity index (χ3v) is 0.900. The number of allylic oxidation sites excluding steroid dienone is 2. The third kappa shape index (κ3) is 5.64. The predicted octanol–water partition coefficient (Wildman–Crippen LogP) is 1.75. The Morgan fingerprint density at radius 3 is 2.60 bits per heavy atom. The summed E-state index contributed by atoms with van der Waals surface area (Å²) in [6.07, 6.45) is 2.95. The average molecular weight is 178 g/mol. The number of hydrogen-bond acceptors (Lipinski definition) is 2. The van der Waals surface area contributed by atoms with Crippen LogP contribution in [0, 0.1) is 11.3 Å². The summed E-state index contributed by atoms with van der Waals surface area (Å²) in [5, 5.41) is 16.7. The van der Waals surface area contributed by atoms with E-state index in [9.17, 15) is 0 Å². The van der Waals surface area contributed by atoms with Crippen LogP contribution in [0.2, 0.25) is 0 Å². The lowest BCUT2D eigenvalue weighted by Gasteiger charge is -1.85. The second-order valence-electron chi connectivity index (χ2n) is 1.42. The Labute approximate surface area is 69.0 Å². The molecule has 0 saturated carbocycles.